The molecule has 0 aromatic carbocycles. The van der Waals surface area contributed by atoms with Gasteiger partial charge in [-0.3, -0.25) is 9.59 Å². The maximum atomic E-state index is 11.6. The van der Waals surface area contributed by atoms with E-state index in [1.165, 1.54) is 27.7 Å². The van der Waals surface area contributed by atoms with Gasteiger partial charge in [0.25, 0.3) is 0 Å². The van der Waals surface area contributed by atoms with Crippen molar-refractivity contribution in [2.75, 3.05) is 0 Å². The van der Waals surface area contributed by atoms with Gasteiger partial charge >= 0.3 is 0 Å². The van der Waals surface area contributed by atoms with Crippen LogP contribution in [0.25, 0.3) is 0 Å². The van der Waals surface area contributed by atoms with E-state index in [-0.39, 0.29) is 11.1 Å². The first-order valence-electron chi connectivity index (χ1n) is 4.97. The average Bonchev–Trinajstić information content (AvgIpc) is 2.13. The van der Waals surface area contributed by atoms with E-state index in [9.17, 15) is 19.8 Å². The third-order valence-electron chi connectivity index (χ3n) is 2.02. The van der Waals surface area contributed by atoms with Gasteiger partial charge < -0.3 is 10.2 Å². The van der Waals surface area contributed by atoms with Crippen LogP contribution >= 0.6 is 11.8 Å². The van der Waals surface area contributed by atoms with Crippen molar-refractivity contribution < 1.29 is 19.8 Å². The number of rotatable bonds is 6. The summed E-state index contributed by atoms with van der Waals surface area (Å²) in [6, 6.07) is 0. The maximum Gasteiger partial charge on any atom is 0.199 e. The van der Waals surface area contributed by atoms with Crippen LogP contribution in [0.1, 0.15) is 27.7 Å². The fraction of sp³-hybridized carbons (Fsp3) is 0.500. The van der Waals surface area contributed by atoms with Crippen LogP contribution in [0.2, 0.25) is 0 Å². The van der Waals surface area contributed by atoms with Crippen molar-refractivity contribution >= 4 is 23.3 Å². The first kappa shape index (κ1) is 16.1. The normalized spacial score (nSPS) is 17.8. The minimum absolute atomic E-state index is 0.154. The molecule has 2 unspecified atom stereocenters. The Morgan fingerprint density at radius 2 is 1.18 bits per heavy atom. The van der Waals surface area contributed by atoms with E-state index in [1.54, 1.807) is 0 Å². The molecular weight excluding hydrogens is 240 g/mol. The van der Waals surface area contributed by atoms with Crippen molar-refractivity contribution in [3.8, 4) is 0 Å². The fourth-order valence-electron chi connectivity index (χ4n) is 1.27. The van der Waals surface area contributed by atoms with E-state index < -0.39 is 21.4 Å². The van der Waals surface area contributed by atoms with Crippen LogP contribution in [-0.4, -0.2) is 31.6 Å². The van der Waals surface area contributed by atoms with Gasteiger partial charge in [-0.25, -0.2) is 0 Å². The molecule has 17 heavy (non-hydrogen) atoms. The van der Waals surface area contributed by atoms with Crippen LogP contribution in [0.3, 0.4) is 0 Å². The Balaban J connectivity index is 5.06. The summed E-state index contributed by atoms with van der Waals surface area (Å²) in [5, 5.41) is 19.9. The highest BCUT2D eigenvalue weighted by molar-refractivity contribution is 8.03. The Hall–Kier alpha value is -0.910. The first-order chi connectivity index (χ1) is 7.42. The van der Waals surface area contributed by atoms with Gasteiger partial charge in [0.05, 0.1) is 0 Å². The number of ketones is 2. The number of Topliss-reactive ketones (excluding diaryl/α,β-unsaturated/α-hetero) is 2. The smallest absolute Gasteiger partial charge is 0.199 e. The Kier molecular flexibility index (Phi) is 4.89. The summed E-state index contributed by atoms with van der Waals surface area (Å²) in [4.78, 5) is 19.4. The lowest BCUT2D eigenvalue weighted by Crippen LogP contribution is -2.42. The Morgan fingerprint density at radius 3 is 1.35 bits per heavy atom. The predicted octanol–water partition coefficient (Wildman–Crippen LogP) is 1.43. The van der Waals surface area contributed by atoms with E-state index in [0.29, 0.717) is 11.8 Å². The molecule has 0 rings (SSSR count). The molecule has 0 saturated carbocycles. The fourth-order valence-corrected chi connectivity index (χ4v) is 2.58. The van der Waals surface area contributed by atoms with Crippen molar-refractivity contribution in [3.05, 3.63) is 24.3 Å². The number of aliphatic hydroxyl groups is 2. The standard InChI is InChI=1S/C12H18O4S/c1-7(2)9(13)11(5,15)17-12(6,16)10(14)8(3)4/h15-16H,1,3H2,2,4-6H3. The third kappa shape index (κ3) is 4.11. The van der Waals surface area contributed by atoms with E-state index in [0.717, 1.165) is 0 Å². The molecule has 0 saturated heterocycles. The van der Waals surface area contributed by atoms with Crippen molar-refractivity contribution in [2.45, 2.75) is 37.6 Å². The molecule has 0 heterocycles. The molecule has 0 fully saturated rings. The molecule has 0 aromatic heterocycles. The van der Waals surface area contributed by atoms with E-state index >= 15 is 0 Å². The lowest BCUT2D eigenvalue weighted by atomic mass is 10.1. The van der Waals surface area contributed by atoms with E-state index in [1.807, 2.05) is 0 Å². The SMILES string of the molecule is C=C(C)C(=O)C(C)(O)SC(C)(O)C(=O)C(=C)C. The summed E-state index contributed by atoms with van der Waals surface area (Å²) >= 11 is 0.467. The molecule has 2 atom stereocenters. The number of carbonyl (C=O) groups excluding carboxylic acids is 2. The lowest BCUT2D eigenvalue weighted by molar-refractivity contribution is -0.126. The molecular formula is C12H18O4S. The van der Waals surface area contributed by atoms with Gasteiger partial charge in [-0.1, -0.05) is 24.9 Å². The van der Waals surface area contributed by atoms with Gasteiger partial charge in [-0.2, -0.15) is 0 Å². The van der Waals surface area contributed by atoms with Crippen molar-refractivity contribution in [3.63, 3.8) is 0 Å². The second kappa shape index (κ2) is 5.16. The summed E-state index contributed by atoms with van der Waals surface area (Å²) < 4.78 is 0. The monoisotopic (exact) mass is 258 g/mol. The van der Waals surface area contributed by atoms with Crippen molar-refractivity contribution in [2.24, 2.45) is 0 Å². The molecule has 0 aromatic rings. The molecule has 0 aliphatic heterocycles. The van der Waals surface area contributed by atoms with Crippen LogP contribution in [0.4, 0.5) is 0 Å². The minimum atomic E-state index is -1.90. The zero-order valence-electron chi connectivity index (χ0n) is 10.5. The van der Waals surface area contributed by atoms with Crippen LogP contribution in [0, 0.1) is 0 Å². The zero-order chi connectivity index (χ0) is 14.0. The van der Waals surface area contributed by atoms with Gasteiger partial charge in [0.15, 0.2) is 21.4 Å². The summed E-state index contributed by atoms with van der Waals surface area (Å²) in [6.07, 6.45) is 0. The van der Waals surface area contributed by atoms with Crippen LogP contribution < -0.4 is 0 Å². The van der Waals surface area contributed by atoms with Crippen LogP contribution in [-0.2, 0) is 9.59 Å². The Bertz CT molecular complexity index is 344. The molecule has 2 N–H and O–H groups in total. The zero-order valence-corrected chi connectivity index (χ0v) is 11.3. The van der Waals surface area contributed by atoms with Gasteiger partial charge in [0.1, 0.15) is 0 Å². The highest BCUT2D eigenvalue weighted by Crippen LogP contribution is 2.37. The van der Waals surface area contributed by atoms with Crippen LogP contribution in [0.5, 0.6) is 0 Å². The molecule has 0 radical (unpaired) electrons. The summed E-state index contributed by atoms with van der Waals surface area (Å²) in [7, 11) is 0. The predicted molar refractivity (Wildman–Crippen MR) is 68.5 cm³/mol. The third-order valence-corrected chi connectivity index (χ3v) is 3.18. The molecule has 0 amide bonds. The van der Waals surface area contributed by atoms with E-state index in [2.05, 4.69) is 13.2 Å². The van der Waals surface area contributed by atoms with E-state index in [4.69, 9.17) is 0 Å². The molecule has 0 spiro atoms. The summed E-state index contributed by atoms with van der Waals surface area (Å²) in [5.74, 6) is -1.26. The molecule has 4 nitrogen and oxygen atoms in total. The number of thioether (sulfide) groups is 1. The van der Waals surface area contributed by atoms with Gasteiger partial charge in [0.2, 0.25) is 0 Å². The first-order valence-corrected chi connectivity index (χ1v) is 5.79. The van der Waals surface area contributed by atoms with Crippen molar-refractivity contribution in [1.29, 1.82) is 0 Å². The molecule has 5 heteroatoms. The van der Waals surface area contributed by atoms with Crippen LogP contribution in [0.15, 0.2) is 24.3 Å². The van der Waals surface area contributed by atoms with Gasteiger partial charge in [-0.05, 0) is 38.8 Å². The Labute approximate surface area is 105 Å². The Morgan fingerprint density at radius 1 is 0.941 bits per heavy atom. The topological polar surface area (TPSA) is 74.6 Å². The summed E-state index contributed by atoms with van der Waals surface area (Å²) in [6.45, 7) is 12.2. The number of hydrogen-bond acceptors (Lipinski definition) is 5. The molecule has 0 aliphatic rings. The highest BCUT2D eigenvalue weighted by Gasteiger charge is 2.43. The van der Waals surface area contributed by atoms with Crippen molar-refractivity contribution in [1.82, 2.24) is 0 Å². The quantitative estimate of drug-likeness (QED) is 0.557. The average molecular weight is 258 g/mol. The largest absolute Gasteiger partial charge is 0.372 e. The summed E-state index contributed by atoms with van der Waals surface area (Å²) in [5.41, 5.74) is 0.308. The lowest BCUT2D eigenvalue weighted by Gasteiger charge is -2.30. The molecule has 0 aliphatic carbocycles. The minimum Gasteiger partial charge on any atom is -0.372 e. The second-order valence-corrected chi connectivity index (χ2v) is 6.08. The highest BCUT2D eigenvalue weighted by atomic mass is 32.2. The van der Waals surface area contributed by atoms with Gasteiger partial charge in [-0.15, -0.1) is 0 Å². The maximum absolute atomic E-state index is 11.6. The van der Waals surface area contributed by atoms with Gasteiger partial charge in [0, 0.05) is 0 Å². The molecule has 0 bridgehead atoms. The second-order valence-electron chi connectivity index (χ2n) is 4.29. The number of carbonyl (C=O) groups is 2. The number of hydrogen-bond donors (Lipinski definition) is 2. The molecule has 96 valence electrons.